The topological polar surface area (TPSA) is 48.9 Å². The third kappa shape index (κ3) is 2.98. The number of para-hydroxylation sites is 1. The molecule has 0 fully saturated rings. The van der Waals surface area contributed by atoms with E-state index in [0.717, 1.165) is 16.1 Å². The van der Waals surface area contributed by atoms with Crippen molar-refractivity contribution in [3.63, 3.8) is 0 Å². The lowest BCUT2D eigenvalue weighted by Crippen LogP contribution is -2.26. The van der Waals surface area contributed by atoms with Gasteiger partial charge in [-0.2, -0.15) is 0 Å². The van der Waals surface area contributed by atoms with E-state index in [9.17, 15) is 9.59 Å². The summed E-state index contributed by atoms with van der Waals surface area (Å²) in [4.78, 5) is 26.9. The molecule has 2 aromatic carbocycles. The van der Waals surface area contributed by atoms with Crippen molar-refractivity contribution in [2.75, 3.05) is 0 Å². The van der Waals surface area contributed by atoms with Crippen LogP contribution in [0.25, 0.3) is 21.8 Å². The van der Waals surface area contributed by atoms with Crippen molar-refractivity contribution in [2.45, 2.75) is 6.92 Å². The summed E-state index contributed by atoms with van der Waals surface area (Å²) in [5.74, 6) is 0. The first-order valence-corrected chi connectivity index (χ1v) is 9.88. The number of nitrogens with zero attached hydrogens (tertiary/aromatic N) is 3. The van der Waals surface area contributed by atoms with E-state index in [1.807, 2.05) is 67.6 Å². The molecule has 4 aromatic rings. The molecule has 0 saturated carbocycles. The fourth-order valence-corrected chi connectivity index (χ4v) is 4.52. The average Bonchev–Trinajstić information content (AvgIpc) is 2.92. The maximum absolute atomic E-state index is 13.2. The quantitative estimate of drug-likeness (QED) is 0.481. The molecular weight excluding hydrogens is 390 g/mol. The van der Waals surface area contributed by atoms with Gasteiger partial charge in [0.25, 0.3) is 11.1 Å². The van der Waals surface area contributed by atoms with Crippen molar-refractivity contribution in [1.29, 1.82) is 0 Å². The molecule has 0 unspecified atom stereocenters. The van der Waals surface area contributed by atoms with Gasteiger partial charge in [-0.1, -0.05) is 48.5 Å². The van der Waals surface area contributed by atoms with Crippen LogP contribution in [0.2, 0.25) is 0 Å². The van der Waals surface area contributed by atoms with Crippen LogP contribution in [0.15, 0.2) is 76.3 Å². The summed E-state index contributed by atoms with van der Waals surface area (Å²) in [5.41, 5.74) is 2.02. The molecule has 0 bridgehead atoms. The Bertz CT molecular complexity index is 1300. The Morgan fingerprint density at radius 2 is 1.54 bits per heavy atom. The van der Waals surface area contributed by atoms with Crippen molar-refractivity contribution >= 4 is 23.6 Å². The number of hydrogen-bond donors (Lipinski definition) is 0. The first-order chi connectivity index (χ1) is 13.5. The van der Waals surface area contributed by atoms with Gasteiger partial charge in [0.05, 0.1) is 11.4 Å². The molecule has 0 aliphatic rings. The van der Waals surface area contributed by atoms with Gasteiger partial charge in [0.15, 0.2) is 3.95 Å². The lowest BCUT2D eigenvalue weighted by atomic mass is 10.2. The molecule has 7 heteroatoms. The van der Waals surface area contributed by atoms with Gasteiger partial charge < -0.3 is 0 Å². The van der Waals surface area contributed by atoms with Gasteiger partial charge in [0.1, 0.15) is 5.69 Å². The summed E-state index contributed by atoms with van der Waals surface area (Å²) in [6, 6.07) is 20.5. The Kier molecular flexibility index (Phi) is 4.70. The predicted octanol–water partition coefficient (Wildman–Crippen LogP) is 4.09. The lowest BCUT2D eigenvalue weighted by molar-refractivity contribution is 0.630. The summed E-state index contributed by atoms with van der Waals surface area (Å²) in [6.45, 7) is 1.81. The highest BCUT2D eigenvalue weighted by atomic mass is 32.1. The van der Waals surface area contributed by atoms with Gasteiger partial charge in [-0.05, 0) is 36.8 Å². The van der Waals surface area contributed by atoms with Crippen molar-refractivity contribution in [3.05, 3.63) is 97.1 Å². The second kappa shape index (κ2) is 7.18. The van der Waals surface area contributed by atoms with Crippen LogP contribution in [0.1, 0.15) is 5.69 Å². The molecule has 140 valence electrons. The zero-order chi connectivity index (χ0) is 19.8. The Morgan fingerprint density at radius 1 is 0.929 bits per heavy atom. The largest absolute Gasteiger partial charge is 0.296 e. The fraction of sp³-hybridized carbons (Fsp3) is 0.0952. The maximum atomic E-state index is 13.2. The molecule has 28 heavy (non-hydrogen) atoms. The van der Waals surface area contributed by atoms with Crippen LogP contribution >= 0.6 is 23.6 Å². The zero-order valence-electron chi connectivity index (χ0n) is 15.3. The smallest absolute Gasteiger partial charge is 0.283 e. The van der Waals surface area contributed by atoms with Gasteiger partial charge in [0, 0.05) is 18.0 Å². The molecule has 0 atom stereocenters. The van der Waals surface area contributed by atoms with E-state index < -0.39 is 0 Å². The highest BCUT2D eigenvalue weighted by Gasteiger charge is 2.20. The molecule has 2 heterocycles. The SMILES string of the molecule is Cc1c(-n2c(=O)cc(-c3ccccc3)sc2=S)c(=O)n(-c2ccccc2)n1C. The molecule has 2 aromatic heterocycles. The second-order valence-corrected chi connectivity index (χ2v) is 8.00. The first kappa shape index (κ1) is 18.3. The van der Waals surface area contributed by atoms with Gasteiger partial charge in [-0.25, -0.2) is 4.68 Å². The van der Waals surface area contributed by atoms with E-state index in [0.29, 0.717) is 9.65 Å². The average molecular weight is 408 g/mol. The van der Waals surface area contributed by atoms with Crippen LogP contribution < -0.4 is 11.1 Å². The first-order valence-electron chi connectivity index (χ1n) is 8.66. The molecule has 0 aliphatic heterocycles. The summed E-state index contributed by atoms with van der Waals surface area (Å²) >= 11 is 6.84. The molecular formula is C21H17N3O2S2. The number of benzene rings is 2. The van der Waals surface area contributed by atoms with Gasteiger partial charge in [0.2, 0.25) is 0 Å². The summed E-state index contributed by atoms with van der Waals surface area (Å²) < 4.78 is 4.97. The Hall–Kier alpha value is -3.03. The van der Waals surface area contributed by atoms with Crippen LogP contribution in [-0.2, 0) is 7.05 Å². The minimum absolute atomic E-state index is 0.279. The standard InChI is InChI=1S/C21H17N3O2S2/c1-14-19(20(26)24(22(14)2)16-11-7-4-8-12-16)23-18(25)13-17(28-21(23)27)15-9-5-3-6-10-15/h3-13H,1-2H3. The van der Waals surface area contributed by atoms with E-state index in [-0.39, 0.29) is 16.8 Å². The van der Waals surface area contributed by atoms with E-state index in [2.05, 4.69) is 0 Å². The van der Waals surface area contributed by atoms with Crippen molar-refractivity contribution < 1.29 is 0 Å². The van der Waals surface area contributed by atoms with Crippen LogP contribution in [0, 0.1) is 10.9 Å². The van der Waals surface area contributed by atoms with Crippen LogP contribution in [0.4, 0.5) is 0 Å². The molecule has 0 saturated heterocycles. The third-order valence-electron chi connectivity index (χ3n) is 4.66. The predicted molar refractivity (Wildman–Crippen MR) is 115 cm³/mol. The molecule has 0 amide bonds. The highest BCUT2D eigenvalue weighted by molar-refractivity contribution is 7.73. The second-order valence-electron chi connectivity index (χ2n) is 6.33. The van der Waals surface area contributed by atoms with E-state index in [1.165, 1.54) is 22.0 Å². The molecule has 4 rings (SSSR count). The summed E-state index contributed by atoms with van der Waals surface area (Å²) in [7, 11) is 1.79. The van der Waals surface area contributed by atoms with E-state index in [1.54, 1.807) is 16.4 Å². The minimum atomic E-state index is -0.311. The number of rotatable bonds is 3. The normalized spacial score (nSPS) is 10.9. The minimum Gasteiger partial charge on any atom is -0.283 e. The van der Waals surface area contributed by atoms with Gasteiger partial charge in [-0.3, -0.25) is 18.8 Å². The highest BCUT2D eigenvalue weighted by Crippen LogP contribution is 2.24. The van der Waals surface area contributed by atoms with Gasteiger partial charge in [-0.15, -0.1) is 11.3 Å². The van der Waals surface area contributed by atoms with Crippen molar-refractivity contribution in [3.8, 4) is 21.8 Å². The molecule has 0 radical (unpaired) electrons. The van der Waals surface area contributed by atoms with E-state index in [4.69, 9.17) is 12.2 Å². The fourth-order valence-electron chi connectivity index (χ4n) is 3.19. The summed E-state index contributed by atoms with van der Waals surface area (Å²) in [6.07, 6.45) is 0. The van der Waals surface area contributed by atoms with E-state index >= 15 is 0 Å². The van der Waals surface area contributed by atoms with Gasteiger partial charge >= 0.3 is 0 Å². The molecule has 5 nitrogen and oxygen atoms in total. The van der Waals surface area contributed by atoms with Crippen molar-refractivity contribution in [2.24, 2.45) is 7.05 Å². The Labute approximate surface area is 170 Å². The number of aromatic nitrogens is 3. The Morgan fingerprint density at radius 3 is 2.14 bits per heavy atom. The zero-order valence-corrected chi connectivity index (χ0v) is 17.0. The monoisotopic (exact) mass is 407 g/mol. The maximum Gasteiger partial charge on any atom is 0.296 e. The number of hydrogen-bond acceptors (Lipinski definition) is 4. The lowest BCUT2D eigenvalue weighted by Gasteiger charge is -2.07. The summed E-state index contributed by atoms with van der Waals surface area (Å²) in [5, 5.41) is 0. The van der Waals surface area contributed by atoms with Crippen LogP contribution in [0.5, 0.6) is 0 Å². The molecule has 0 spiro atoms. The molecule has 0 aliphatic carbocycles. The third-order valence-corrected chi connectivity index (χ3v) is 6.02. The molecule has 0 N–H and O–H groups in total. The van der Waals surface area contributed by atoms with Crippen LogP contribution in [0.3, 0.4) is 0 Å². The Balaban J connectivity index is 1.96. The van der Waals surface area contributed by atoms with Crippen molar-refractivity contribution in [1.82, 2.24) is 13.9 Å². The van der Waals surface area contributed by atoms with Crippen LogP contribution in [-0.4, -0.2) is 13.9 Å².